The van der Waals surface area contributed by atoms with Gasteiger partial charge in [-0.2, -0.15) is 0 Å². The summed E-state index contributed by atoms with van der Waals surface area (Å²) in [5.41, 5.74) is 1.85. The minimum atomic E-state index is -1.18. The topological polar surface area (TPSA) is 79.3 Å². The molecule has 1 aromatic heterocycles. The quantitative estimate of drug-likeness (QED) is 0.905. The molecule has 1 aromatic carbocycles. The minimum Gasteiger partial charge on any atom is -0.480 e. The van der Waals surface area contributed by atoms with Crippen LogP contribution in [-0.4, -0.2) is 27.5 Å². The molecule has 0 aliphatic heterocycles. The first-order chi connectivity index (χ1) is 9.50. The number of aliphatic carboxylic acids is 1. The first-order valence-electron chi connectivity index (χ1n) is 6.40. The predicted octanol–water partition coefficient (Wildman–Crippen LogP) is 2.28. The van der Waals surface area contributed by atoms with Gasteiger partial charge in [0.25, 0.3) is 5.91 Å². The monoisotopic (exact) mass is 290 g/mol. The number of carbonyl (C=O) groups is 2. The summed E-state index contributed by atoms with van der Waals surface area (Å²) in [6.07, 6.45) is 1.69. The van der Waals surface area contributed by atoms with E-state index in [2.05, 4.69) is 10.3 Å². The molecule has 1 atom stereocenters. The van der Waals surface area contributed by atoms with E-state index < -0.39 is 11.5 Å². The summed E-state index contributed by atoms with van der Waals surface area (Å²) in [7, 11) is 0. The van der Waals surface area contributed by atoms with Gasteiger partial charge in [0.2, 0.25) is 0 Å². The average molecular weight is 290 g/mol. The summed E-state index contributed by atoms with van der Waals surface area (Å²) in [5.74, 6) is -1.31. The number of carboxylic acid groups (broad SMARTS) is 1. The molecule has 3 rings (SSSR count). The summed E-state index contributed by atoms with van der Waals surface area (Å²) in [6, 6.07) is 5.19. The number of amides is 1. The summed E-state index contributed by atoms with van der Waals surface area (Å²) in [6.45, 7) is 1.58. The summed E-state index contributed by atoms with van der Waals surface area (Å²) in [5, 5.41) is 12.0. The van der Waals surface area contributed by atoms with E-state index in [1.165, 1.54) is 11.3 Å². The van der Waals surface area contributed by atoms with Gasteiger partial charge in [-0.25, -0.2) is 9.78 Å². The van der Waals surface area contributed by atoms with Gasteiger partial charge in [0.05, 0.1) is 15.7 Å². The Morgan fingerprint density at radius 3 is 2.85 bits per heavy atom. The molecule has 2 N–H and O–H groups in total. The van der Waals surface area contributed by atoms with E-state index in [1.54, 1.807) is 30.6 Å². The van der Waals surface area contributed by atoms with Crippen LogP contribution in [0.25, 0.3) is 10.2 Å². The number of thiazole rings is 1. The molecular weight excluding hydrogens is 276 g/mol. The summed E-state index contributed by atoms with van der Waals surface area (Å²) < 4.78 is 0.918. The number of aromatic nitrogens is 1. The summed E-state index contributed by atoms with van der Waals surface area (Å²) >= 11 is 1.45. The smallest absolute Gasteiger partial charge is 0.329 e. The van der Waals surface area contributed by atoms with E-state index in [1.807, 2.05) is 0 Å². The zero-order valence-electron chi connectivity index (χ0n) is 10.9. The number of nitrogens with zero attached hydrogens (tertiary/aromatic N) is 1. The van der Waals surface area contributed by atoms with Gasteiger partial charge in [-0.05, 0) is 43.9 Å². The van der Waals surface area contributed by atoms with Gasteiger partial charge in [0.1, 0.15) is 5.54 Å². The highest BCUT2D eigenvalue weighted by Gasteiger charge is 2.48. The standard InChI is InChI=1S/C14H14N2O3S/c1-14(13(18)19,9-3-4-9)16-12(17)8-2-5-10-11(6-8)20-7-15-10/h2,5-7,9H,3-4H2,1H3,(H,16,17)(H,18,19). The Bertz CT molecular complexity index is 693. The molecule has 0 saturated heterocycles. The number of hydrogen-bond donors (Lipinski definition) is 2. The highest BCUT2D eigenvalue weighted by molar-refractivity contribution is 7.16. The maximum Gasteiger partial charge on any atom is 0.329 e. The zero-order chi connectivity index (χ0) is 14.3. The van der Waals surface area contributed by atoms with Gasteiger partial charge in [0.15, 0.2) is 0 Å². The maximum atomic E-state index is 12.3. The van der Waals surface area contributed by atoms with Crippen molar-refractivity contribution in [2.45, 2.75) is 25.3 Å². The van der Waals surface area contributed by atoms with Crippen LogP contribution in [0, 0.1) is 5.92 Å². The molecule has 0 bridgehead atoms. The Morgan fingerprint density at radius 1 is 1.45 bits per heavy atom. The van der Waals surface area contributed by atoms with Gasteiger partial charge in [-0.3, -0.25) is 4.79 Å². The third kappa shape index (κ3) is 2.16. The molecule has 0 spiro atoms. The molecule has 5 nitrogen and oxygen atoms in total. The lowest BCUT2D eigenvalue weighted by Crippen LogP contribution is -2.54. The fourth-order valence-corrected chi connectivity index (χ4v) is 3.01. The highest BCUT2D eigenvalue weighted by atomic mass is 32.1. The van der Waals surface area contributed by atoms with Crippen molar-refractivity contribution in [1.82, 2.24) is 10.3 Å². The van der Waals surface area contributed by atoms with Crippen LogP contribution in [0.4, 0.5) is 0 Å². The van der Waals surface area contributed by atoms with Crippen LogP contribution >= 0.6 is 11.3 Å². The second-order valence-corrected chi connectivity index (χ2v) is 6.16. The van der Waals surface area contributed by atoms with Crippen molar-refractivity contribution in [3.63, 3.8) is 0 Å². The first kappa shape index (κ1) is 13.1. The van der Waals surface area contributed by atoms with Crippen LogP contribution in [-0.2, 0) is 4.79 Å². The molecule has 1 aliphatic rings. The largest absolute Gasteiger partial charge is 0.480 e. The van der Waals surface area contributed by atoms with Crippen molar-refractivity contribution in [3.8, 4) is 0 Å². The van der Waals surface area contributed by atoms with Crippen LogP contribution in [0.2, 0.25) is 0 Å². The van der Waals surface area contributed by atoms with Crippen LogP contribution < -0.4 is 5.32 Å². The van der Waals surface area contributed by atoms with Crippen molar-refractivity contribution in [1.29, 1.82) is 0 Å². The molecule has 1 unspecified atom stereocenters. The molecule has 1 fully saturated rings. The Balaban J connectivity index is 1.86. The fourth-order valence-electron chi connectivity index (χ4n) is 2.30. The third-order valence-corrected chi connectivity index (χ3v) is 4.60. The van der Waals surface area contributed by atoms with E-state index in [9.17, 15) is 14.7 Å². The van der Waals surface area contributed by atoms with Crippen LogP contribution in [0.5, 0.6) is 0 Å². The Labute approximate surface area is 119 Å². The predicted molar refractivity (Wildman–Crippen MR) is 75.9 cm³/mol. The lowest BCUT2D eigenvalue weighted by molar-refractivity contribution is -0.144. The molecule has 1 saturated carbocycles. The molecule has 104 valence electrons. The number of benzene rings is 1. The molecule has 6 heteroatoms. The molecular formula is C14H14N2O3S. The van der Waals surface area contributed by atoms with E-state index in [-0.39, 0.29) is 11.8 Å². The van der Waals surface area contributed by atoms with Gasteiger partial charge in [-0.15, -0.1) is 11.3 Å². The first-order valence-corrected chi connectivity index (χ1v) is 7.28. The zero-order valence-corrected chi connectivity index (χ0v) is 11.7. The van der Waals surface area contributed by atoms with Crippen molar-refractivity contribution in [2.24, 2.45) is 5.92 Å². The number of rotatable bonds is 4. The van der Waals surface area contributed by atoms with Crippen molar-refractivity contribution < 1.29 is 14.7 Å². The molecule has 1 aliphatic carbocycles. The fraction of sp³-hybridized carbons (Fsp3) is 0.357. The third-order valence-electron chi connectivity index (χ3n) is 3.80. The van der Waals surface area contributed by atoms with E-state index in [4.69, 9.17) is 0 Å². The normalized spacial score (nSPS) is 17.6. The second-order valence-electron chi connectivity index (χ2n) is 5.27. The van der Waals surface area contributed by atoms with Gasteiger partial charge >= 0.3 is 5.97 Å². The molecule has 0 radical (unpaired) electrons. The van der Waals surface area contributed by atoms with Gasteiger partial charge in [0, 0.05) is 5.56 Å². The van der Waals surface area contributed by atoms with E-state index in [0.717, 1.165) is 23.1 Å². The Kier molecular flexibility index (Phi) is 2.97. The SMILES string of the molecule is CC(NC(=O)c1ccc2ncsc2c1)(C(=O)O)C1CC1. The highest BCUT2D eigenvalue weighted by Crippen LogP contribution is 2.39. The van der Waals surface area contributed by atoms with Crippen molar-refractivity contribution in [3.05, 3.63) is 29.3 Å². The van der Waals surface area contributed by atoms with Crippen LogP contribution in [0.1, 0.15) is 30.1 Å². The number of hydrogen-bond acceptors (Lipinski definition) is 4. The van der Waals surface area contributed by atoms with Crippen molar-refractivity contribution in [2.75, 3.05) is 0 Å². The number of fused-ring (bicyclic) bond motifs is 1. The van der Waals surface area contributed by atoms with Crippen molar-refractivity contribution >= 4 is 33.4 Å². The van der Waals surface area contributed by atoms with Crippen LogP contribution in [0.3, 0.4) is 0 Å². The van der Waals surface area contributed by atoms with E-state index >= 15 is 0 Å². The number of carboxylic acids is 1. The molecule has 2 aromatic rings. The second kappa shape index (κ2) is 4.56. The lowest BCUT2D eigenvalue weighted by Gasteiger charge is -2.26. The number of nitrogens with one attached hydrogen (secondary N) is 1. The minimum absolute atomic E-state index is 0.0242. The Morgan fingerprint density at radius 2 is 2.20 bits per heavy atom. The molecule has 1 amide bonds. The Hall–Kier alpha value is -1.95. The lowest BCUT2D eigenvalue weighted by atomic mass is 9.95. The van der Waals surface area contributed by atoms with Gasteiger partial charge in [-0.1, -0.05) is 0 Å². The number of carbonyl (C=O) groups excluding carboxylic acids is 1. The average Bonchev–Trinajstić information content (AvgIpc) is 3.16. The van der Waals surface area contributed by atoms with Crippen LogP contribution in [0.15, 0.2) is 23.7 Å². The summed E-state index contributed by atoms with van der Waals surface area (Å²) in [4.78, 5) is 27.8. The van der Waals surface area contributed by atoms with Gasteiger partial charge < -0.3 is 10.4 Å². The molecule has 20 heavy (non-hydrogen) atoms. The molecule has 1 heterocycles. The maximum absolute atomic E-state index is 12.3. The van der Waals surface area contributed by atoms with E-state index in [0.29, 0.717) is 5.56 Å².